The molecular weight excluding hydrogens is 815 g/mol. The highest BCUT2D eigenvalue weighted by molar-refractivity contribution is 6.11. The molecule has 0 saturated heterocycles. The highest BCUT2D eigenvalue weighted by Crippen LogP contribution is 2.38. The zero-order valence-electron chi connectivity index (χ0n) is 36.9. The second-order valence-electron chi connectivity index (χ2n) is 15.8. The van der Waals surface area contributed by atoms with Crippen LogP contribution in [0.25, 0.3) is 0 Å². The summed E-state index contributed by atoms with van der Waals surface area (Å²) in [5.41, 5.74) is 9.16. The smallest absolute Gasteiger partial charge is 0.231 e. The number of methoxy groups -OCH3 is 2. The van der Waals surface area contributed by atoms with Crippen molar-refractivity contribution in [2.45, 2.75) is 26.3 Å². The summed E-state index contributed by atoms with van der Waals surface area (Å²) in [4.78, 5) is 18.7. The van der Waals surface area contributed by atoms with Gasteiger partial charge in [-0.3, -0.25) is 9.80 Å². The lowest BCUT2D eigenvalue weighted by atomic mass is 10.1. The van der Waals surface area contributed by atoms with Crippen LogP contribution in [0, 0.1) is 13.8 Å². The third-order valence-electron chi connectivity index (χ3n) is 11.4. The molecule has 0 spiro atoms. The van der Waals surface area contributed by atoms with Gasteiger partial charge >= 0.3 is 0 Å². The van der Waals surface area contributed by atoms with Gasteiger partial charge < -0.3 is 33.5 Å². The number of hydrogen-bond acceptors (Lipinski definition) is 11. The van der Waals surface area contributed by atoms with Crippen LogP contribution in [-0.4, -0.2) is 52.2 Å². The monoisotopic (exact) mass is 865 g/mol. The lowest BCUT2D eigenvalue weighted by Gasteiger charge is -2.26. The molecule has 11 nitrogen and oxygen atoms in total. The summed E-state index contributed by atoms with van der Waals surface area (Å²) in [6, 6.07) is 58.9. The molecule has 2 heterocycles. The molecule has 11 heteroatoms. The van der Waals surface area contributed by atoms with Gasteiger partial charge in [-0.2, -0.15) is 0 Å². The van der Waals surface area contributed by atoms with Crippen molar-refractivity contribution in [2.24, 2.45) is 10.3 Å². The van der Waals surface area contributed by atoms with Crippen LogP contribution in [0.5, 0.6) is 23.0 Å². The molecule has 0 aliphatic carbocycles. The minimum Gasteiger partial charge on any atom is -0.497 e. The van der Waals surface area contributed by atoms with Gasteiger partial charge in [0.25, 0.3) is 0 Å². The highest BCUT2D eigenvalue weighted by atomic mass is 16.7. The molecule has 65 heavy (non-hydrogen) atoms. The molecule has 2 atom stereocenters. The zero-order chi connectivity index (χ0) is 44.5. The van der Waals surface area contributed by atoms with E-state index in [1.807, 2.05) is 115 Å². The van der Waals surface area contributed by atoms with E-state index in [4.69, 9.17) is 28.6 Å². The lowest BCUT2D eigenvalue weighted by molar-refractivity contribution is 0.0867. The number of nitrogens with zero attached hydrogens (tertiary/aromatic N) is 5. The fourth-order valence-electron chi connectivity index (χ4n) is 7.83. The molecule has 0 radical (unpaired) electrons. The molecule has 2 aliphatic rings. The first-order valence-electron chi connectivity index (χ1n) is 21.7. The van der Waals surface area contributed by atoms with Gasteiger partial charge in [0.1, 0.15) is 36.2 Å². The Morgan fingerprint density at radius 3 is 1.23 bits per heavy atom. The van der Waals surface area contributed by atoms with E-state index in [9.17, 15) is 0 Å². The van der Waals surface area contributed by atoms with Gasteiger partial charge in [-0.15, -0.1) is 0 Å². The maximum atomic E-state index is 6.32. The molecule has 9 rings (SSSR count). The van der Waals surface area contributed by atoms with E-state index in [0.29, 0.717) is 26.3 Å². The first kappa shape index (κ1) is 42.4. The maximum Gasteiger partial charge on any atom is 0.231 e. The van der Waals surface area contributed by atoms with Crippen molar-refractivity contribution in [1.82, 2.24) is 0 Å². The quantitative estimate of drug-likeness (QED) is 0.0887. The van der Waals surface area contributed by atoms with Crippen molar-refractivity contribution >= 4 is 28.7 Å². The Morgan fingerprint density at radius 2 is 0.846 bits per heavy atom. The van der Waals surface area contributed by atoms with Crippen LogP contribution >= 0.6 is 0 Å². The Hall–Kier alpha value is -7.92. The SMILES string of the molecule is COc1ccc(C2=NOC(c3ccc(OCCN(CCOc4ccc(C5ON=C(c6ccc(OC)cc6)N5c5ccc(C)cc5)cc4)c4ccccc4)cc3)N2c2ccc(C)cc2)cc1. The summed E-state index contributed by atoms with van der Waals surface area (Å²) in [5, 5.41) is 9.11. The number of ether oxygens (including phenoxy) is 4. The number of hydrogen-bond donors (Lipinski definition) is 0. The summed E-state index contributed by atoms with van der Waals surface area (Å²) >= 11 is 0. The predicted octanol–water partition coefficient (Wildman–Crippen LogP) is 11.1. The van der Waals surface area contributed by atoms with Gasteiger partial charge in [0, 0.05) is 39.3 Å². The number of rotatable bonds is 17. The molecule has 328 valence electrons. The summed E-state index contributed by atoms with van der Waals surface area (Å²) in [6.45, 7) is 6.42. The predicted molar refractivity (Wildman–Crippen MR) is 257 cm³/mol. The van der Waals surface area contributed by atoms with Crippen LogP contribution < -0.4 is 33.6 Å². The Kier molecular flexibility index (Phi) is 12.8. The normalized spacial score (nSPS) is 15.4. The molecule has 7 aromatic carbocycles. The van der Waals surface area contributed by atoms with Crippen LogP contribution in [0.1, 0.15) is 45.8 Å². The van der Waals surface area contributed by atoms with Gasteiger partial charge in [0.05, 0.1) is 27.3 Å². The van der Waals surface area contributed by atoms with Gasteiger partial charge in [-0.25, -0.2) is 0 Å². The molecule has 0 fully saturated rings. The van der Waals surface area contributed by atoms with Gasteiger partial charge in [-0.05, 0) is 147 Å². The van der Waals surface area contributed by atoms with E-state index >= 15 is 0 Å². The molecule has 7 aromatic rings. The number of anilines is 3. The third kappa shape index (κ3) is 9.69. The van der Waals surface area contributed by atoms with Crippen molar-refractivity contribution < 1.29 is 28.6 Å². The fraction of sp³-hybridized carbons (Fsp3) is 0.185. The van der Waals surface area contributed by atoms with Crippen molar-refractivity contribution in [3.63, 3.8) is 0 Å². The zero-order valence-corrected chi connectivity index (χ0v) is 36.9. The molecule has 0 amide bonds. The average molecular weight is 866 g/mol. The van der Waals surface area contributed by atoms with Crippen molar-refractivity contribution in [1.29, 1.82) is 0 Å². The van der Waals surface area contributed by atoms with Gasteiger partial charge in [0.15, 0.2) is 11.7 Å². The molecule has 0 bridgehead atoms. The molecule has 0 N–H and O–H groups in total. The Labute approximate surface area is 380 Å². The maximum absolute atomic E-state index is 6.32. The van der Waals surface area contributed by atoms with E-state index in [2.05, 4.69) is 99.5 Å². The summed E-state index contributed by atoms with van der Waals surface area (Å²) in [6.07, 6.45) is -0.907. The molecule has 0 aromatic heterocycles. The van der Waals surface area contributed by atoms with Crippen LogP contribution in [0.15, 0.2) is 186 Å². The van der Waals surface area contributed by atoms with E-state index in [0.717, 1.165) is 74.0 Å². The van der Waals surface area contributed by atoms with Gasteiger partial charge in [0.2, 0.25) is 12.5 Å². The minimum absolute atomic E-state index is 0.454. The van der Waals surface area contributed by atoms with Crippen molar-refractivity contribution in [2.75, 3.05) is 55.2 Å². The summed E-state index contributed by atoms with van der Waals surface area (Å²) in [7, 11) is 3.32. The standard InChI is InChI=1S/C54H51N5O6/c1-38-10-22-45(23-11-38)58-51(40-14-26-47(60-3)27-15-40)55-64-53(58)42-18-30-49(31-19-42)62-36-34-57(44-8-6-5-7-9-44)35-37-63-50-32-20-43(21-33-50)54-59(46-24-12-39(2)13-25-46)52(56-65-54)41-16-28-48(61-4)29-17-41/h5-33,53-54H,34-37H2,1-4H3. The van der Waals surface area contributed by atoms with Crippen molar-refractivity contribution in [3.05, 3.63) is 209 Å². The van der Waals surface area contributed by atoms with E-state index in [1.54, 1.807) is 14.2 Å². The summed E-state index contributed by atoms with van der Waals surface area (Å²) in [5.74, 6) is 4.54. The Bertz CT molecular complexity index is 2520. The van der Waals surface area contributed by atoms with Crippen LogP contribution in [-0.2, 0) is 9.68 Å². The molecular formula is C54H51N5O6. The van der Waals surface area contributed by atoms with E-state index in [-0.39, 0.29) is 0 Å². The highest BCUT2D eigenvalue weighted by Gasteiger charge is 2.35. The fourth-order valence-corrected chi connectivity index (χ4v) is 7.83. The second kappa shape index (κ2) is 19.6. The third-order valence-corrected chi connectivity index (χ3v) is 11.4. The van der Waals surface area contributed by atoms with Crippen molar-refractivity contribution in [3.8, 4) is 23.0 Å². The van der Waals surface area contributed by atoms with E-state index < -0.39 is 12.5 Å². The average Bonchev–Trinajstić information content (AvgIpc) is 4.01. The molecule has 2 aliphatic heterocycles. The first-order valence-corrected chi connectivity index (χ1v) is 21.7. The first-order chi connectivity index (χ1) is 31.9. The number of oxime groups is 2. The summed E-state index contributed by atoms with van der Waals surface area (Å²) < 4.78 is 23.4. The molecule has 0 saturated carbocycles. The number of benzene rings is 7. The van der Waals surface area contributed by atoms with Crippen LogP contribution in [0.3, 0.4) is 0 Å². The number of aryl methyl sites for hydroxylation is 2. The largest absolute Gasteiger partial charge is 0.497 e. The van der Waals surface area contributed by atoms with Gasteiger partial charge in [-0.1, -0.05) is 63.9 Å². The minimum atomic E-state index is -0.454. The number of para-hydroxylation sites is 1. The number of amidine groups is 2. The van der Waals surface area contributed by atoms with Crippen LogP contribution in [0.4, 0.5) is 17.1 Å². The second-order valence-corrected chi connectivity index (χ2v) is 15.8. The Balaban J connectivity index is 0.822. The topological polar surface area (TPSA) is 89.8 Å². The lowest BCUT2D eigenvalue weighted by Crippen LogP contribution is -2.32. The van der Waals surface area contributed by atoms with E-state index in [1.165, 1.54) is 11.1 Å². The molecule has 2 unspecified atom stereocenters. The van der Waals surface area contributed by atoms with Crippen LogP contribution in [0.2, 0.25) is 0 Å². The Morgan fingerprint density at radius 1 is 0.462 bits per heavy atom.